The highest BCUT2D eigenvalue weighted by molar-refractivity contribution is 5.95. The van der Waals surface area contributed by atoms with Crippen LogP contribution >= 0.6 is 0 Å². The maximum absolute atomic E-state index is 13.2. The lowest BCUT2D eigenvalue weighted by Crippen LogP contribution is -2.40. The fourth-order valence-corrected chi connectivity index (χ4v) is 5.02. The lowest BCUT2D eigenvalue weighted by Gasteiger charge is -2.32. The van der Waals surface area contributed by atoms with E-state index in [0.717, 1.165) is 42.8 Å². The second kappa shape index (κ2) is 8.30. The lowest BCUT2D eigenvalue weighted by atomic mass is 9.94. The molecule has 2 N–H and O–H groups in total. The average molecular weight is 433 g/mol. The number of hydrogen-bond donors (Lipinski definition) is 2. The standard InChI is InChI=1S/C25H28N4O3/c1-16-21(17-5-7-20(30)8-6-17)14-22(24(31)27-16)25(32)28-12-9-18(10-13-28)23-26-15-19-4-2-3-11-29(19)23/h5-8,14-15,18,30H,2-4,9-13H2,1H3,(H,27,31). The van der Waals surface area contributed by atoms with E-state index in [4.69, 9.17) is 4.98 Å². The minimum absolute atomic E-state index is 0.162. The van der Waals surface area contributed by atoms with Crippen molar-refractivity contribution < 1.29 is 9.90 Å². The van der Waals surface area contributed by atoms with Crippen molar-refractivity contribution in [1.29, 1.82) is 0 Å². The van der Waals surface area contributed by atoms with E-state index in [1.165, 1.54) is 18.5 Å². The van der Waals surface area contributed by atoms with E-state index in [2.05, 4.69) is 9.55 Å². The number of benzene rings is 1. The fraction of sp³-hybridized carbons (Fsp3) is 0.400. The first-order valence-electron chi connectivity index (χ1n) is 11.4. The van der Waals surface area contributed by atoms with Crippen molar-refractivity contribution in [2.24, 2.45) is 0 Å². The molecule has 4 heterocycles. The van der Waals surface area contributed by atoms with Crippen LogP contribution in [0.5, 0.6) is 5.75 Å². The first-order chi connectivity index (χ1) is 15.5. The number of aromatic hydroxyl groups is 1. The van der Waals surface area contributed by atoms with Crippen LogP contribution in [0.1, 0.15) is 59.2 Å². The molecule has 7 heteroatoms. The number of carbonyl (C=O) groups excluding carboxylic acids is 1. The Hall–Kier alpha value is -3.35. The molecule has 2 aromatic heterocycles. The van der Waals surface area contributed by atoms with Crippen LogP contribution in [0.3, 0.4) is 0 Å². The summed E-state index contributed by atoms with van der Waals surface area (Å²) in [6.45, 7) is 4.10. The zero-order valence-corrected chi connectivity index (χ0v) is 18.3. The van der Waals surface area contributed by atoms with Gasteiger partial charge in [-0.1, -0.05) is 12.1 Å². The summed E-state index contributed by atoms with van der Waals surface area (Å²) < 4.78 is 2.38. The summed E-state index contributed by atoms with van der Waals surface area (Å²) in [7, 11) is 0. The molecule has 5 rings (SSSR count). The summed E-state index contributed by atoms with van der Waals surface area (Å²) in [6.07, 6.45) is 7.27. The third-order valence-electron chi connectivity index (χ3n) is 6.83. The molecule has 0 radical (unpaired) electrons. The Labute approximate surface area is 186 Å². The first-order valence-corrected chi connectivity index (χ1v) is 11.4. The number of piperidine rings is 1. The van der Waals surface area contributed by atoms with Gasteiger partial charge in [-0.25, -0.2) is 4.98 Å². The highest BCUT2D eigenvalue weighted by Gasteiger charge is 2.29. The Morgan fingerprint density at radius 3 is 2.62 bits per heavy atom. The van der Waals surface area contributed by atoms with E-state index in [0.29, 0.717) is 24.7 Å². The molecule has 1 aromatic carbocycles. The van der Waals surface area contributed by atoms with E-state index in [9.17, 15) is 14.7 Å². The molecule has 7 nitrogen and oxygen atoms in total. The quantitative estimate of drug-likeness (QED) is 0.661. The van der Waals surface area contributed by atoms with Gasteiger partial charge in [-0.2, -0.15) is 0 Å². The van der Waals surface area contributed by atoms with Crippen molar-refractivity contribution in [2.45, 2.75) is 51.5 Å². The number of carbonyl (C=O) groups is 1. The Morgan fingerprint density at radius 1 is 1.12 bits per heavy atom. The van der Waals surface area contributed by atoms with Gasteiger partial charge in [0, 0.05) is 48.7 Å². The lowest BCUT2D eigenvalue weighted by molar-refractivity contribution is 0.0708. The Bertz CT molecular complexity index is 1200. The summed E-state index contributed by atoms with van der Waals surface area (Å²) in [6, 6.07) is 8.43. The van der Waals surface area contributed by atoms with Crippen LogP contribution in [0.2, 0.25) is 0 Å². The number of rotatable bonds is 3. The molecule has 1 amide bonds. The smallest absolute Gasteiger partial charge is 0.261 e. The molecular weight excluding hydrogens is 404 g/mol. The van der Waals surface area contributed by atoms with Crippen LogP contribution in [0, 0.1) is 6.92 Å². The molecule has 2 aliphatic heterocycles. The van der Waals surface area contributed by atoms with Gasteiger partial charge in [0.15, 0.2) is 0 Å². The van der Waals surface area contributed by atoms with Crippen molar-refractivity contribution in [2.75, 3.05) is 13.1 Å². The monoisotopic (exact) mass is 432 g/mol. The molecule has 166 valence electrons. The molecule has 32 heavy (non-hydrogen) atoms. The number of nitrogens with zero attached hydrogens (tertiary/aromatic N) is 3. The highest BCUT2D eigenvalue weighted by Crippen LogP contribution is 2.31. The summed E-state index contributed by atoms with van der Waals surface area (Å²) in [4.78, 5) is 35.2. The van der Waals surface area contributed by atoms with E-state index < -0.39 is 0 Å². The van der Waals surface area contributed by atoms with Crippen LogP contribution in [0.4, 0.5) is 0 Å². The van der Waals surface area contributed by atoms with Crippen LogP contribution in [-0.4, -0.2) is 43.5 Å². The third-order valence-corrected chi connectivity index (χ3v) is 6.83. The number of H-pyrrole nitrogens is 1. The molecule has 3 aromatic rings. The van der Waals surface area contributed by atoms with Gasteiger partial charge < -0.3 is 19.6 Å². The predicted octanol–water partition coefficient (Wildman–Crippen LogP) is 3.61. The third kappa shape index (κ3) is 3.72. The van der Waals surface area contributed by atoms with Crippen molar-refractivity contribution in [1.82, 2.24) is 19.4 Å². The Morgan fingerprint density at radius 2 is 1.88 bits per heavy atom. The minimum atomic E-state index is -0.362. The van der Waals surface area contributed by atoms with Gasteiger partial charge in [0.2, 0.25) is 0 Å². The number of aromatic amines is 1. The zero-order valence-electron chi connectivity index (χ0n) is 18.3. The second-order valence-electron chi connectivity index (χ2n) is 8.88. The van der Waals surface area contributed by atoms with E-state index in [-0.39, 0.29) is 22.8 Å². The topological polar surface area (TPSA) is 91.2 Å². The second-order valence-corrected chi connectivity index (χ2v) is 8.88. The summed E-state index contributed by atoms with van der Waals surface area (Å²) in [5.41, 5.74) is 3.45. The number of nitrogens with one attached hydrogen (secondary N) is 1. The molecule has 0 unspecified atom stereocenters. The van der Waals surface area contributed by atoms with Gasteiger partial charge in [0.05, 0.1) is 0 Å². The molecule has 1 saturated heterocycles. The number of hydrogen-bond acceptors (Lipinski definition) is 4. The Kier molecular flexibility index (Phi) is 5.33. The minimum Gasteiger partial charge on any atom is -0.508 e. The molecular formula is C25H28N4O3. The van der Waals surface area contributed by atoms with E-state index in [1.807, 2.05) is 13.1 Å². The van der Waals surface area contributed by atoms with Crippen LogP contribution in [0.15, 0.2) is 41.3 Å². The first kappa shape index (κ1) is 20.5. The zero-order chi connectivity index (χ0) is 22.2. The maximum Gasteiger partial charge on any atom is 0.261 e. The molecule has 0 bridgehead atoms. The fourth-order valence-electron chi connectivity index (χ4n) is 5.02. The number of fused-ring (bicyclic) bond motifs is 1. The van der Waals surface area contributed by atoms with E-state index >= 15 is 0 Å². The van der Waals surface area contributed by atoms with Crippen molar-refractivity contribution in [3.05, 3.63) is 69.7 Å². The molecule has 0 saturated carbocycles. The number of imidazole rings is 1. The number of amides is 1. The highest BCUT2D eigenvalue weighted by atomic mass is 16.3. The predicted molar refractivity (Wildman–Crippen MR) is 122 cm³/mol. The van der Waals surface area contributed by atoms with Gasteiger partial charge >= 0.3 is 0 Å². The van der Waals surface area contributed by atoms with Gasteiger partial charge in [-0.3, -0.25) is 9.59 Å². The van der Waals surface area contributed by atoms with Crippen LogP contribution < -0.4 is 5.56 Å². The van der Waals surface area contributed by atoms with Gasteiger partial charge in [0.25, 0.3) is 11.5 Å². The number of phenols is 1. The van der Waals surface area contributed by atoms with Crippen molar-refractivity contribution in [3.63, 3.8) is 0 Å². The van der Waals surface area contributed by atoms with E-state index in [1.54, 1.807) is 35.2 Å². The average Bonchev–Trinajstić information content (AvgIpc) is 3.24. The molecule has 0 atom stereocenters. The maximum atomic E-state index is 13.2. The number of aromatic nitrogens is 3. The van der Waals surface area contributed by atoms with Gasteiger partial charge in [-0.15, -0.1) is 0 Å². The number of pyridine rings is 1. The van der Waals surface area contributed by atoms with Crippen LogP contribution in [-0.2, 0) is 13.0 Å². The van der Waals surface area contributed by atoms with Gasteiger partial charge in [0.1, 0.15) is 17.1 Å². The number of phenolic OH excluding ortho intramolecular Hbond substituents is 1. The SMILES string of the molecule is Cc1[nH]c(=O)c(C(=O)N2CCC(c3ncc4n3CCCC4)CC2)cc1-c1ccc(O)cc1. The van der Waals surface area contributed by atoms with Crippen molar-refractivity contribution >= 4 is 5.91 Å². The number of likely N-dealkylation sites (tertiary alicyclic amines) is 1. The summed E-state index contributed by atoms with van der Waals surface area (Å²) in [5.74, 6) is 1.47. The number of aryl methyl sites for hydroxylation is 2. The largest absolute Gasteiger partial charge is 0.508 e. The summed E-state index contributed by atoms with van der Waals surface area (Å²) in [5, 5.41) is 9.56. The van der Waals surface area contributed by atoms with Crippen molar-refractivity contribution in [3.8, 4) is 16.9 Å². The molecule has 0 spiro atoms. The van der Waals surface area contributed by atoms with Crippen LogP contribution in [0.25, 0.3) is 11.1 Å². The Balaban J connectivity index is 1.34. The molecule has 1 fully saturated rings. The van der Waals surface area contributed by atoms with Gasteiger partial charge in [-0.05, 0) is 62.8 Å². The molecule has 2 aliphatic rings. The normalized spacial score (nSPS) is 16.7. The molecule has 0 aliphatic carbocycles. The summed E-state index contributed by atoms with van der Waals surface area (Å²) >= 11 is 0.